The minimum Gasteiger partial charge on any atom is -0.493 e. The Morgan fingerprint density at radius 2 is 1.66 bits per heavy atom. The first-order valence-electron chi connectivity index (χ1n) is 11.2. The maximum absolute atomic E-state index is 13.7. The second-order valence-electron chi connectivity index (χ2n) is 8.04. The van der Waals surface area contributed by atoms with Crippen molar-refractivity contribution >= 4 is 17.5 Å². The van der Waals surface area contributed by atoms with Crippen LogP contribution in [-0.2, 0) is 4.79 Å². The van der Waals surface area contributed by atoms with E-state index >= 15 is 0 Å². The number of aromatic nitrogens is 3. The highest BCUT2D eigenvalue weighted by Crippen LogP contribution is 2.43. The molecule has 0 saturated carbocycles. The average molecular weight is 468 g/mol. The van der Waals surface area contributed by atoms with Gasteiger partial charge in [0, 0.05) is 22.5 Å². The molecule has 0 saturated heterocycles. The standard InChI is InChI=1S/C27H25N5O3/c1-17-22(26(33)29-19-13-8-5-9-14-19)23(20-15-10-16-21(34-2)24(20)35-3)32-27(28-17)30-25(31-32)18-11-6-4-7-12-18/h4-16,23H,1-3H3,(H,29,33)(H,28,30,31)/t23-/m0/s1. The fourth-order valence-corrected chi connectivity index (χ4v) is 4.29. The summed E-state index contributed by atoms with van der Waals surface area (Å²) in [5.74, 6) is 1.93. The zero-order valence-electron chi connectivity index (χ0n) is 19.6. The Labute approximate surface area is 203 Å². The summed E-state index contributed by atoms with van der Waals surface area (Å²) in [7, 11) is 3.17. The van der Waals surface area contributed by atoms with Gasteiger partial charge in [-0.15, -0.1) is 5.10 Å². The van der Waals surface area contributed by atoms with Crippen LogP contribution in [0, 0.1) is 0 Å². The van der Waals surface area contributed by atoms with Crippen LogP contribution < -0.4 is 20.1 Å². The Balaban J connectivity index is 1.67. The van der Waals surface area contributed by atoms with Crippen molar-refractivity contribution in [3.63, 3.8) is 0 Å². The number of methoxy groups -OCH3 is 2. The number of carbonyl (C=O) groups excluding carboxylic acids is 1. The number of nitrogens with one attached hydrogen (secondary N) is 2. The zero-order valence-corrected chi connectivity index (χ0v) is 19.6. The molecule has 0 fully saturated rings. The molecule has 1 aliphatic rings. The van der Waals surface area contributed by atoms with Crippen LogP contribution in [0.5, 0.6) is 11.5 Å². The number of carbonyl (C=O) groups is 1. The van der Waals surface area contributed by atoms with Crippen LogP contribution in [0.3, 0.4) is 0 Å². The maximum atomic E-state index is 13.7. The van der Waals surface area contributed by atoms with E-state index in [1.54, 1.807) is 18.9 Å². The first-order chi connectivity index (χ1) is 17.1. The molecule has 0 radical (unpaired) electrons. The lowest BCUT2D eigenvalue weighted by Crippen LogP contribution is -2.31. The second-order valence-corrected chi connectivity index (χ2v) is 8.04. The van der Waals surface area contributed by atoms with Crippen LogP contribution in [-0.4, -0.2) is 34.9 Å². The molecule has 35 heavy (non-hydrogen) atoms. The minimum atomic E-state index is -0.607. The number of fused-ring (bicyclic) bond motifs is 1. The number of ether oxygens (including phenoxy) is 2. The molecule has 1 amide bonds. The highest BCUT2D eigenvalue weighted by molar-refractivity contribution is 6.06. The summed E-state index contributed by atoms with van der Waals surface area (Å²) in [5.41, 5.74) is 3.48. The lowest BCUT2D eigenvalue weighted by atomic mass is 9.94. The van der Waals surface area contributed by atoms with Crippen molar-refractivity contribution in [3.05, 3.63) is 95.7 Å². The van der Waals surface area contributed by atoms with Crippen molar-refractivity contribution in [2.75, 3.05) is 24.9 Å². The SMILES string of the molecule is COc1cccc([C@H]2C(C(=O)Nc3ccccc3)=C(C)Nc3nc(-c4ccccc4)nn32)c1OC. The third-order valence-electron chi connectivity index (χ3n) is 5.89. The molecule has 3 aromatic carbocycles. The molecule has 5 rings (SSSR count). The Morgan fingerprint density at radius 1 is 0.943 bits per heavy atom. The minimum absolute atomic E-state index is 0.251. The van der Waals surface area contributed by atoms with E-state index in [1.165, 1.54) is 0 Å². The van der Waals surface area contributed by atoms with E-state index in [0.29, 0.717) is 40.2 Å². The number of amides is 1. The number of allylic oxidation sites excluding steroid dienone is 1. The average Bonchev–Trinajstić information content (AvgIpc) is 3.32. The van der Waals surface area contributed by atoms with E-state index in [-0.39, 0.29) is 5.91 Å². The van der Waals surface area contributed by atoms with E-state index in [1.807, 2.05) is 85.8 Å². The monoisotopic (exact) mass is 467 g/mol. The summed E-state index contributed by atoms with van der Waals surface area (Å²) in [6.07, 6.45) is 0. The van der Waals surface area contributed by atoms with Gasteiger partial charge in [-0.05, 0) is 25.1 Å². The smallest absolute Gasteiger partial charge is 0.255 e. The summed E-state index contributed by atoms with van der Waals surface area (Å²) < 4.78 is 13.0. The van der Waals surface area contributed by atoms with Crippen molar-refractivity contribution < 1.29 is 14.3 Å². The first-order valence-corrected chi connectivity index (χ1v) is 11.2. The molecule has 0 aliphatic carbocycles. The molecule has 4 aromatic rings. The summed E-state index contributed by atoms with van der Waals surface area (Å²) in [6, 6.07) is 24.1. The quantitative estimate of drug-likeness (QED) is 0.420. The highest BCUT2D eigenvalue weighted by Gasteiger charge is 2.36. The van der Waals surface area contributed by atoms with E-state index < -0.39 is 6.04 Å². The van der Waals surface area contributed by atoms with Gasteiger partial charge in [0.25, 0.3) is 5.91 Å². The fraction of sp³-hybridized carbons (Fsp3) is 0.148. The number of nitrogens with zero attached hydrogens (tertiary/aromatic N) is 3. The van der Waals surface area contributed by atoms with Gasteiger partial charge in [-0.2, -0.15) is 4.98 Å². The van der Waals surface area contributed by atoms with Crippen LogP contribution >= 0.6 is 0 Å². The number of hydrogen-bond donors (Lipinski definition) is 2. The van der Waals surface area contributed by atoms with Crippen LogP contribution in [0.2, 0.25) is 0 Å². The van der Waals surface area contributed by atoms with Crippen molar-refractivity contribution in [2.45, 2.75) is 13.0 Å². The summed E-state index contributed by atoms with van der Waals surface area (Å²) in [5, 5.41) is 11.1. The Hall–Kier alpha value is -4.59. The van der Waals surface area contributed by atoms with Gasteiger partial charge in [0.2, 0.25) is 5.95 Å². The number of rotatable bonds is 6. The molecule has 8 nitrogen and oxygen atoms in total. The van der Waals surface area contributed by atoms with Crippen LogP contribution in [0.15, 0.2) is 90.1 Å². The van der Waals surface area contributed by atoms with Crippen LogP contribution in [0.4, 0.5) is 11.6 Å². The second kappa shape index (κ2) is 9.34. The summed E-state index contributed by atoms with van der Waals surface area (Å²) in [6.45, 7) is 1.86. The van der Waals surface area contributed by atoms with E-state index in [4.69, 9.17) is 19.6 Å². The third-order valence-corrected chi connectivity index (χ3v) is 5.89. The summed E-state index contributed by atoms with van der Waals surface area (Å²) >= 11 is 0. The summed E-state index contributed by atoms with van der Waals surface area (Å²) in [4.78, 5) is 18.4. The molecule has 1 aliphatic heterocycles. The molecule has 0 bridgehead atoms. The van der Waals surface area contributed by atoms with Gasteiger partial charge in [0.15, 0.2) is 17.3 Å². The molecule has 176 valence electrons. The normalized spacial score (nSPS) is 14.7. The zero-order chi connectivity index (χ0) is 24.4. The van der Waals surface area contributed by atoms with Crippen molar-refractivity contribution in [3.8, 4) is 22.9 Å². The molecule has 2 N–H and O–H groups in total. The van der Waals surface area contributed by atoms with E-state index in [2.05, 4.69) is 10.6 Å². The Bertz CT molecular complexity index is 1400. The van der Waals surface area contributed by atoms with Gasteiger partial charge >= 0.3 is 0 Å². The molecule has 2 heterocycles. The van der Waals surface area contributed by atoms with Gasteiger partial charge in [0.1, 0.15) is 6.04 Å². The van der Waals surface area contributed by atoms with E-state index in [9.17, 15) is 4.79 Å². The Kier molecular flexibility index (Phi) is 5.93. The number of anilines is 2. The van der Waals surface area contributed by atoms with Gasteiger partial charge in [0.05, 0.1) is 19.8 Å². The molecular formula is C27H25N5O3. The van der Waals surface area contributed by atoms with Crippen molar-refractivity contribution in [2.24, 2.45) is 0 Å². The van der Waals surface area contributed by atoms with Crippen LogP contribution in [0.25, 0.3) is 11.4 Å². The molecular weight excluding hydrogens is 442 g/mol. The molecule has 0 spiro atoms. The number of hydrogen-bond acceptors (Lipinski definition) is 6. The highest BCUT2D eigenvalue weighted by atomic mass is 16.5. The largest absolute Gasteiger partial charge is 0.493 e. The third kappa shape index (κ3) is 4.10. The fourth-order valence-electron chi connectivity index (χ4n) is 4.29. The number of benzene rings is 3. The van der Waals surface area contributed by atoms with Gasteiger partial charge in [-0.25, -0.2) is 4.68 Å². The number of para-hydroxylation sites is 2. The molecule has 0 unspecified atom stereocenters. The first kappa shape index (κ1) is 22.2. The van der Waals surface area contributed by atoms with Crippen LogP contribution in [0.1, 0.15) is 18.5 Å². The molecule has 8 heteroatoms. The maximum Gasteiger partial charge on any atom is 0.255 e. The van der Waals surface area contributed by atoms with E-state index in [0.717, 1.165) is 11.1 Å². The van der Waals surface area contributed by atoms with Crippen molar-refractivity contribution in [1.82, 2.24) is 14.8 Å². The predicted molar refractivity (Wildman–Crippen MR) is 135 cm³/mol. The predicted octanol–water partition coefficient (Wildman–Crippen LogP) is 4.89. The lowest BCUT2D eigenvalue weighted by molar-refractivity contribution is -0.113. The van der Waals surface area contributed by atoms with Gasteiger partial charge in [-0.3, -0.25) is 4.79 Å². The van der Waals surface area contributed by atoms with Gasteiger partial charge in [-0.1, -0.05) is 60.7 Å². The topological polar surface area (TPSA) is 90.3 Å². The Morgan fingerprint density at radius 3 is 2.34 bits per heavy atom. The molecule has 1 aromatic heterocycles. The lowest BCUT2D eigenvalue weighted by Gasteiger charge is -2.30. The molecule has 1 atom stereocenters. The van der Waals surface area contributed by atoms with Gasteiger partial charge < -0.3 is 20.1 Å². The van der Waals surface area contributed by atoms with Crippen molar-refractivity contribution in [1.29, 1.82) is 0 Å².